The van der Waals surface area contributed by atoms with Crippen molar-refractivity contribution < 1.29 is 0 Å². The number of nitrogens with zero attached hydrogens (tertiary/aromatic N) is 3. The topological polar surface area (TPSA) is 68.2 Å². The highest BCUT2D eigenvalue weighted by molar-refractivity contribution is 9.10. The maximum absolute atomic E-state index is 5.72. The molecule has 90 valence electrons. The van der Waals surface area contributed by atoms with Crippen molar-refractivity contribution in [2.75, 3.05) is 6.54 Å². The number of hydrogen-bond donors (Lipinski definition) is 2. The Morgan fingerprint density at radius 3 is 3.06 bits per heavy atom. The summed E-state index contributed by atoms with van der Waals surface area (Å²) in [4.78, 5) is 4.22. The molecule has 0 aromatic carbocycles. The molecule has 0 aliphatic heterocycles. The van der Waals surface area contributed by atoms with Crippen molar-refractivity contribution in [2.45, 2.75) is 32.9 Å². The number of aliphatic imine (C=N–C) groups is 1. The predicted octanol–water partition coefficient (Wildman–Crippen LogP) is 1.35. The highest BCUT2D eigenvalue weighted by Gasteiger charge is 1.98. The zero-order valence-electron chi connectivity index (χ0n) is 9.65. The fraction of sp³-hybridized carbons (Fsp3) is 0.600. The van der Waals surface area contributed by atoms with E-state index < -0.39 is 0 Å². The van der Waals surface area contributed by atoms with Crippen LogP contribution in [0.5, 0.6) is 0 Å². The summed E-state index contributed by atoms with van der Waals surface area (Å²) < 4.78 is 2.80. The lowest BCUT2D eigenvalue weighted by molar-refractivity contribution is 0.613. The van der Waals surface area contributed by atoms with Gasteiger partial charge in [-0.25, -0.2) is 0 Å². The summed E-state index contributed by atoms with van der Waals surface area (Å²) in [6.45, 7) is 5.54. The number of aromatic nitrogens is 2. The Balaban J connectivity index is 2.30. The number of nitrogens with one attached hydrogen (secondary N) is 1. The van der Waals surface area contributed by atoms with Gasteiger partial charge in [0.15, 0.2) is 5.96 Å². The van der Waals surface area contributed by atoms with Crippen molar-refractivity contribution in [1.82, 2.24) is 15.1 Å². The molecule has 0 fully saturated rings. The van der Waals surface area contributed by atoms with E-state index in [0.29, 0.717) is 18.5 Å². The first-order valence-electron chi connectivity index (χ1n) is 5.36. The van der Waals surface area contributed by atoms with Crippen LogP contribution < -0.4 is 11.1 Å². The largest absolute Gasteiger partial charge is 0.370 e. The Morgan fingerprint density at radius 2 is 2.50 bits per heavy atom. The zero-order chi connectivity index (χ0) is 12.0. The fourth-order valence-corrected chi connectivity index (χ4v) is 1.46. The summed E-state index contributed by atoms with van der Waals surface area (Å²) in [6, 6.07) is 0.364. The zero-order valence-corrected chi connectivity index (χ0v) is 11.2. The number of nitrogens with two attached hydrogens (primary N) is 1. The van der Waals surface area contributed by atoms with Crippen LogP contribution in [0.3, 0.4) is 0 Å². The molecule has 0 aliphatic carbocycles. The molecule has 1 heterocycles. The Morgan fingerprint density at radius 1 is 1.75 bits per heavy atom. The van der Waals surface area contributed by atoms with E-state index in [0.717, 1.165) is 17.4 Å². The van der Waals surface area contributed by atoms with Crippen molar-refractivity contribution in [3.05, 3.63) is 16.9 Å². The van der Waals surface area contributed by atoms with Crippen LogP contribution >= 0.6 is 15.9 Å². The average molecular weight is 288 g/mol. The first kappa shape index (κ1) is 13.0. The van der Waals surface area contributed by atoms with E-state index in [-0.39, 0.29) is 0 Å². The number of rotatable bonds is 5. The second-order valence-corrected chi connectivity index (χ2v) is 4.56. The lowest BCUT2D eigenvalue weighted by atomic mass is 10.3. The van der Waals surface area contributed by atoms with E-state index in [1.54, 1.807) is 6.20 Å². The number of guanidine groups is 1. The minimum absolute atomic E-state index is 0.364. The maximum Gasteiger partial charge on any atom is 0.188 e. The van der Waals surface area contributed by atoms with Crippen LogP contribution in [0.1, 0.15) is 20.3 Å². The van der Waals surface area contributed by atoms with E-state index in [4.69, 9.17) is 5.73 Å². The van der Waals surface area contributed by atoms with Gasteiger partial charge in [0.1, 0.15) is 0 Å². The standard InChI is InChI=1S/C10H18BrN5/c1-3-8(2)15-10(12)13-4-5-16-7-9(11)6-14-16/h6-8H,3-5H2,1-2H3,(H3,12,13,15). The molecule has 0 saturated heterocycles. The Kier molecular flexibility index (Phi) is 5.31. The Bertz CT molecular complexity index is 347. The summed E-state index contributed by atoms with van der Waals surface area (Å²) in [5, 5.41) is 7.24. The van der Waals surface area contributed by atoms with Crippen LogP contribution in [0.2, 0.25) is 0 Å². The lowest BCUT2D eigenvalue weighted by Gasteiger charge is -2.11. The third kappa shape index (κ3) is 4.65. The second-order valence-electron chi connectivity index (χ2n) is 3.64. The van der Waals surface area contributed by atoms with Gasteiger partial charge in [-0.3, -0.25) is 9.67 Å². The monoisotopic (exact) mass is 287 g/mol. The quantitative estimate of drug-likeness (QED) is 0.635. The molecule has 0 saturated carbocycles. The first-order chi connectivity index (χ1) is 7.61. The molecular weight excluding hydrogens is 270 g/mol. The van der Waals surface area contributed by atoms with Gasteiger partial charge in [0, 0.05) is 12.2 Å². The highest BCUT2D eigenvalue weighted by Crippen LogP contribution is 2.05. The Hall–Kier alpha value is -1.04. The third-order valence-corrected chi connectivity index (χ3v) is 2.63. The van der Waals surface area contributed by atoms with Gasteiger partial charge in [-0.2, -0.15) is 5.10 Å². The van der Waals surface area contributed by atoms with Gasteiger partial charge in [-0.15, -0.1) is 0 Å². The number of halogens is 1. The van der Waals surface area contributed by atoms with Gasteiger partial charge < -0.3 is 11.1 Å². The van der Waals surface area contributed by atoms with Crippen molar-refractivity contribution in [2.24, 2.45) is 10.7 Å². The van der Waals surface area contributed by atoms with Crippen LogP contribution in [0, 0.1) is 0 Å². The van der Waals surface area contributed by atoms with Gasteiger partial charge in [0.05, 0.1) is 23.8 Å². The van der Waals surface area contributed by atoms with E-state index in [1.807, 2.05) is 10.9 Å². The Labute approximate surface area is 104 Å². The molecule has 5 nitrogen and oxygen atoms in total. The molecule has 0 aliphatic rings. The van der Waals surface area contributed by atoms with E-state index in [1.165, 1.54) is 0 Å². The molecule has 1 atom stereocenters. The van der Waals surface area contributed by atoms with E-state index in [9.17, 15) is 0 Å². The van der Waals surface area contributed by atoms with E-state index >= 15 is 0 Å². The smallest absolute Gasteiger partial charge is 0.188 e. The van der Waals surface area contributed by atoms with Crippen molar-refractivity contribution in [3.63, 3.8) is 0 Å². The van der Waals surface area contributed by atoms with Crippen LogP contribution in [-0.2, 0) is 6.54 Å². The predicted molar refractivity (Wildman–Crippen MR) is 69.3 cm³/mol. The maximum atomic E-state index is 5.72. The van der Waals surface area contributed by atoms with E-state index in [2.05, 4.69) is 45.2 Å². The summed E-state index contributed by atoms with van der Waals surface area (Å²) >= 11 is 3.34. The molecule has 0 bridgehead atoms. The summed E-state index contributed by atoms with van der Waals surface area (Å²) in [7, 11) is 0. The van der Waals surface area contributed by atoms with Gasteiger partial charge in [-0.05, 0) is 29.3 Å². The SMILES string of the molecule is CCC(C)NC(N)=NCCn1cc(Br)cn1. The summed E-state index contributed by atoms with van der Waals surface area (Å²) in [6.07, 6.45) is 4.70. The minimum Gasteiger partial charge on any atom is -0.370 e. The summed E-state index contributed by atoms with van der Waals surface area (Å²) in [5.41, 5.74) is 5.72. The van der Waals surface area contributed by atoms with Gasteiger partial charge in [0.25, 0.3) is 0 Å². The number of hydrogen-bond acceptors (Lipinski definition) is 2. The second kappa shape index (κ2) is 6.52. The molecule has 0 amide bonds. The normalized spacial score (nSPS) is 13.8. The average Bonchev–Trinajstić information content (AvgIpc) is 2.64. The molecule has 6 heteroatoms. The van der Waals surface area contributed by atoms with Crippen LogP contribution in [-0.4, -0.2) is 28.3 Å². The van der Waals surface area contributed by atoms with Gasteiger partial charge >= 0.3 is 0 Å². The molecule has 1 unspecified atom stereocenters. The lowest BCUT2D eigenvalue weighted by Crippen LogP contribution is -2.38. The molecule has 0 spiro atoms. The van der Waals surface area contributed by atoms with Crippen LogP contribution in [0.15, 0.2) is 21.9 Å². The fourth-order valence-electron chi connectivity index (χ4n) is 1.13. The molecule has 1 aromatic heterocycles. The molecule has 1 rings (SSSR count). The van der Waals surface area contributed by atoms with Crippen molar-refractivity contribution in [3.8, 4) is 0 Å². The third-order valence-electron chi connectivity index (χ3n) is 2.22. The molecular formula is C10H18BrN5. The van der Waals surface area contributed by atoms with Crippen molar-refractivity contribution >= 4 is 21.9 Å². The highest BCUT2D eigenvalue weighted by atomic mass is 79.9. The molecule has 3 N–H and O–H groups in total. The first-order valence-corrected chi connectivity index (χ1v) is 6.15. The van der Waals surface area contributed by atoms with Crippen LogP contribution in [0.4, 0.5) is 0 Å². The van der Waals surface area contributed by atoms with Crippen molar-refractivity contribution in [1.29, 1.82) is 0 Å². The minimum atomic E-state index is 0.364. The summed E-state index contributed by atoms with van der Waals surface area (Å²) in [5.74, 6) is 0.501. The van der Waals surface area contributed by atoms with Gasteiger partial charge in [0.2, 0.25) is 0 Å². The van der Waals surface area contributed by atoms with Gasteiger partial charge in [-0.1, -0.05) is 6.92 Å². The van der Waals surface area contributed by atoms with Crippen LogP contribution in [0.25, 0.3) is 0 Å². The molecule has 0 radical (unpaired) electrons. The molecule has 16 heavy (non-hydrogen) atoms. The molecule has 1 aromatic rings.